The van der Waals surface area contributed by atoms with Crippen LogP contribution in [0, 0.1) is 6.92 Å². The molecule has 2 rings (SSSR count). The molecule has 0 saturated carbocycles. The van der Waals surface area contributed by atoms with E-state index in [2.05, 4.69) is 5.10 Å². The first-order chi connectivity index (χ1) is 9.47. The van der Waals surface area contributed by atoms with Crippen LogP contribution in [0.1, 0.15) is 40.4 Å². The van der Waals surface area contributed by atoms with Crippen LogP contribution in [0.3, 0.4) is 0 Å². The van der Waals surface area contributed by atoms with Crippen molar-refractivity contribution in [2.24, 2.45) is 0 Å². The molecule has 0 aliphatic rings. The quantitative estimate of drug-likeness (QED) is 0.803. The van der Waals surface area contributed by atoms with E-state index < -0.39 is 0 Å². The molecule has 0 atom stereocenters. The van der Waals surface area contributed by atoms with E-state index in [0.29, 0.717) is 22.7 Å². The van der Waals surface area contributed by atoms with Crippen molar-refractivity contribution >= 4 is 11.6 Å². The van der Waals surface area contributed by atoms with E-state index in [-0.39, 0.29) is 17.3 Å². The molecule has 0 fully saturated rings. The Morgan fingerprint density at radius 3 is 2.30 bits per heavy atom. The maximum absolute atomic E-state index is 11.8. The van der Waals surface area contributed by atoms with Gasteiger partial charge in [0.25, 0.3) is 0 Å². The summed E-state index contributed by atoms with van der Waals surface area (Å²) in [6.07, 6.45) is 0. The van der Waals surface area contributed by atoms with E-state index in [9.17, 15) is 9.59 Å². The number of benzene rings is 1. The molecule has 0 bridgehead atoms. The summed E-state index contributed by atoms with van der Waals surface area (Å²) in [7, 11) is 1.56. The average molecular weight is 272 g/mol. The Hall–Kier alpha value is -2.43. The van der Waals surface area contributed by atoms with Gasteiger partial charge in [0.15, 0.2) is 11.6 Å². The number of hydrogen-bond donors (Lipinski definition) is 0. The highest BCUT2D eigenvalue weighted by Crippen LogP contribution is 2.26. The molecular weight excluding hydrogens is 256 g/mol. The van der Waals surface area contributed by atoms with Crippen molar-refractivity contribution in [2.45, 2.75) is 20.8 Å². The lowest BCUT2D eigenvalue weighted by atomic mass is 10.1. The Balaban J connectivity index is 2.73. The normalized spacial score (nSPS) is 10.4. The molecule has 0 aliphatic carbocycles. The number of hydrogen-bond acceptors (Lipinski definition) is 4. The van der Waals surface area contributed by atoms with E-state index in [4.69, 9.17) is 4.74 Å². The third-order valence-corrected chi connectivity index (χ3v) is 3.12. The van der Waals surface area contributed by atoms with Gasteiger partial charge in [0.2, 0.25) is 0 Å². The summed E-state index contributed by atoms with van der Waals surface area (Å²) < 4.78 is 6.87. The molecule has 20 heavy (non-hydrogen) atoms. The zero-order valence-corrected chi connectivity index (χ0v) is 11.9. The minimum absolute atomic E-state index is 0.172. The second-order valence-corrected chi connectivity index (χ2v) is 4.51. The Morgan fingerprint density at radius 2 is 1.80 bits per heavy atom. The van der Waals surface area contributed by atoms with E-state index in [0.717, 1.165) is 0 Å². The van der Waals surface area contributed by atoms with Crippen molar-refractivity contribution < 1.29 is 14.3 Å². The van der Waals surface area contributed by atoms with Gasteiger partial charge in [-0.3, -0.25) is 9.59 Å². The first-order valence-electron chi connectivity index (χ1n) is 6.22. The molecule has 0 unspecified atom stereocenters. The number of ether oxygens (including phenoxy) is 1. The van der Waals surface area contributed by atoms with Crippen molar-refractivity contribution in [1.29, 1.82) is 0 Å². The first kappa shape index (κ1) is 14.0. The number of aromatic nitrogens is 2. The maximum atomic E-state index is 11.8. The largest absolute Gasteiger partial charge is 0.494 e. The van der Waals surface area contributed by atoms with Crippen LogP contribution in [0.4, 0.5) is 0 Å². The minimum atomic E-state index is -0.230. The van der Waals surface area contributed by atoms with Gasteiger partial charge in [-0.15, -0.1) is 0 Å². The zero-order valence-electron chi connectivity index (χ0n) is 11.9. The molecule has 1 aromatic carbocycles. The Labute approximate surface area is 117 Å². The van der Waals surface area contributed by atoms with Crippen molar-refractivity contribution in [3.63, 3.8) is 0 Å². The second-order valence-electron chi connectivity index (χ2n) is 4.51. The minimum Gasteiger partial charge on any atom is -0.494 e. The summed E-state index contributed by atoms with van der Waals surface area (Å²) in [5, 5.41) is 4.28. The molecule has 0 amide bonds. The number of nitrogens with zero attached hydrogens (tertiary/aromatic N) is 2. The van der Waals surface area contributed by atoms with E-state index in [1.165, 1.54) is 13.8 Å². The number of carbonyl (C=O) groups is 2. The van der Waals surface area contributed by atoms with Crippen molar-refractivity contribution in [3.8, 4) is 11.4 Å². The lowest BCUT2D eigenvalue weighted by Gasteiger charge is -2.09. The Bertz CT molecular complexity index is 686. The molecule has 0 aliphatic heterocycles. The number of ketones is 2. The maximum Gasteiger partial charge on any atom is 0.180 e. The van der Waals surface area contributed by atoms with Gasteiger partial charge in [0, 0.05) is 6.92 Å². The van der Waals surface area contributed by atoms with Gasteiger partial charge in [0.05, 0.1) is 18.4 Å². The highest BCUT2D eigenvalue weighted by molar-refractivity contribution is 6.06. The van der Waals surface area contributed by atoms with Gasteiger partial charge in [0.1, 0.15) is 17.1 Å². The van der Waals surface area contributed by atoms with Crippen LogP contribution in [0.5, 0.6) is 5.75 Å². The fraction of sp³-hybridized carbons (Fsp3) is 0.267. The van der Waals surface area contributed by atoms with Crippen molar-refractivity contribution in [1.82, 2.24) is 9.78 Å². The van der Waals surface area contributed by atoms with Crippen LogP contribution in [-0.4, -0.2) is 28.5 Å². The molecule has 0 spiro atoms. The Kier molecular flexibility index (Phi) is 3.70. The fourth-order valence-electron chi connectivity index (χ4n) is 2.21. The highest BCUT2D eigenvalue weighted by atomic mass is 16.5. The number of rotatable bonds is 4. The molecule has 5 heteroatoms. The summed E-state index contributed by atoms with van der Waals surface area (Å²) >= 11 is 0. The molecule has 0 N–H and O–H groups in total. The second kappa shape index (κ2) is 5.28. The zero-order chi connectivity index (χ0) is 14.9. The Morgan fingerprint density at radius 1 is 1.15 bits per heavy atom. The number of para-hydroxylation sites is 2. The molecule has 2 aromatic rings. The van der Waals surface area contributed by atoms with Crippen molar-refractivity contribution in [3.05, 3.63) is 41.2 Å². The molecule has 0 radical (unpaired) electrons. The topological polar surface area (TPSA) is 61.2 Å². The van der Waals surface area contributed by atoms with E-state index in [1.54, 1.807) is 24.8 Å². The third kappa shape index (κ3) is 2.22. The van der Waals surface area contributed by atoms with Gasteiger partial charge in [-0.1, -0.05) is 12.1 Å². The summed E-state index contributed by atoms with van der Waals surface area (Å²) in [6.45, 7) is 4.60. The average Bonchev–Trinajstić information content (AvgIpc) is 2.76. The van der Waals surface area contributed by atoms with Crippen LogP contribution in [0.15, 0.2) is 24.3 Å². The van der Waals surface area contributed by atoms with Crippen LogP contribution >= 0.6 is 0 Å². The number of methoxy groups -OCH3 is 1. The van der Waals surface area contributed by atoms with Gasteiger partial charge in [-0.25, -0.2) is 4.68 Å². The van der Waals surface area contributed by atoms with Gasteiger partial charge in [-0.05, 0) is 26.0 Å². The predicted molar refractivity (Wildman–Crippen MR) is 74.9 cm³/mol. The lowest BCUT2D eigenvalue weighted by Crippen LogP contribution is -2.03. The fourth-order valence-corrected chi connectivity index (χ4v) is 2.21. The highest BCUT2D eigenvalue weighted by Gasteiger charge is 2.22. The lowest BCUT2D eigenvalue weighted by molar-refractivity contribution is 0.0978. The van der Waals surface area contributed by atoms with Crippen LogP contribution in [-0.2, 0) is 0 Å². The van der Waals surface area contributed by atoms with E-state index in [1.807, 2.05) is 18.2 Å². The summed E-state index contributed by atoms with van der Waals surface area (Å²) in [5.41, 5.74) is 1.89. The van der Waals surface area contributed by atoms with Gasteiger partial charge >= 0.3 is 0 Å². The molecule has 104 valence electrons. The van der Waals surface area contributed by atoms with E-state index >= 15 is 0 Å². The first-order valence-corrected chi connectivity index (χ1v) is 6.22. The van der Waals surface area contributed by atoms with Crippen LogP contribution in [0.25, 0.3) is 5.69 Å². The molecule has 0 saturated heterocycles. The summed E-state index contributed by atoms with van der Waals surface area (Å²) in [6, 6.07) is 7.32. The molecule has 1 aromatic heterocycles. The predicted octanol–water partition coefficient (Wildman–Crippen LogP) is 2.59. The standard InChI is InChI=1S/C15H16N2O3/c1-9-14(10(2)18)15(11(3)19)16-17(9)12-7-5-6-8-13(12)20-4/h5-8H,1-4H3. The molecular formula is C15H16N2O3. The number of carbonyl (C=O) groups excluding carboxylic acids is 2. The molecule has 5 nitrogen and oxygen atoms in total. The third-order valence-electron chi connectivity index (χ3n) is 3.12. The summed E-state index contributed by atoms with van der Waals surface area (Å²) in [5.74, 6) is 0.226. The van der Waals surface area contributed by atoms with Crippen LogP contribution < -0.4 is 4.74 Å². The van der Waals surface area contributed by atoms with Crippen LogP contribution in [0.2, 0.25) is 0 Å². The van der Waals surface area contributed by atoms with Crippen molar-refractivity contribution in [2.75, 3.05) is 7.11 Å². The SMILES string of the molecule is COc1ccccc1-n1nc(C(C)=O)c(C(C)=O)c1C. The monoisotopic (exact) mass is 272 g/mol. The number of Topliss-reactive ketones (excluding diaryl/α,β-unsaturated/α-hetero) is 2. The van der Waals surface area contributed by atoms with Gasteiger partial charge in [-0.2, -0.15) is 5.10 Å². The summed E-state index contributed by atoms with van der Waals surface area (Å²) in [4.78, 5) is 23.4. The smallest absolute Gasteiger partial charge is 0.180 e. The molecule has 1 heterocycles. The van der Waals surface area contributed by atoms with Gasteiger partial charge < -0.3 is 4.74 Å².